The summed E-state index contributed by atoms with van der Waals surface area (Å²) in [7, 11) is 0. The first-order valence-electron chi connectivity index (χ1n) is 8.86. The van der Waals surface area contributed by atoms with Gasteiger partial charge in [-0.05, 0) is 46.1 Å². The lowest BCUT2D eigenvalue weighted by Gasteiger charge is -2.26. The number of aromatic nitrogens is 2. The smallest absolute Gasteiger partial charge is 0.348 e. The zero-order valence-electron chi connectivity index (χ0n) is 15.3. The minimum Gasteiger partial charge on any atom is -0.462 e. The molecule has 3 rings (SSSR count). The summed E-state index contributed by atoms with van der Waals surface area (Å²) in [6.45, 7) is 10.6. The van der Waals surface area contributed by atoms with Crippen LogP contribution < -0.4 is 4.90 Å². The Morgan fingerprint density at radius 3 is 2.80 bits per heavy atom. The lowest BCUT2D eigenvalue weighted by molar-refractivity contribution is 0.0531. The van der Waals surface area contributed by atoms with Gasteiger partial charge in [-0.15, -0.1) is 11.3 Å². The molecule has 2 aromatic heterocycles. The Morgan fingerprint density at radius 2 is 2.16 bits per heavy atom. The van der Waals surface area contributed by atoms with Crippen molar-refractivity contribution in [2.45, 2.75) is 46.6 Å². The Labute approximate surface area is 152 Å². The molecule has 0 aliphatic carbocycles. The molecule has 1 atom stereocenters. The molecule has 0 aromatic carbocycles. The van der Waals surface area contributed by atoms with E-state index in [0.29, 0.717) is 17.3 Å². The SMILES string of the molecule is CCOC(=O)c1sc2nc(C)nc(N(CC)CC3CCCO3)c2c1C. The first kappa shape index (κ1) is 18.1. The Bertz CT molecular complexity index is 769. The van der Waals surface area contributed by atoms with Gasteiger partial charge in [0.2, 0.25) is 0 Å². The van der Waals surface area contributed by atoms with E-state index < -0.39 is 0 Å². The van der Waals surface area contributed by atoms with Gasteiger partial charge in [-0.1, -0.05) is 0 Å². The number of ether oxygens (including phenoxy) is 2. The number of carbonyl (C=O) groups is 1. The number of hydrogen-bond donors (Lipinski definition) is 0. The highest BCUT2D eigenvalue weighted by Crippen LogP contribution is 2.36. The number of rotatable bonds is 6. The monoisotopic (exact) mass is 363 g/mol. The van der Waals surface area contributed by atoms with E-state index in [0.717, 1.165) is 54.1 Å². The second-order valence-electron chi connectivity index (χ2n) is 6.22. The van der Waals surface area contributed by atoms with E-state index in [4.69, 9.17) is 14.5 Å². The van der Waals surface area contributed by atoms with Gasteiger partial charge in [0.05, 0.1) is 18.1 Å². The van der Waals surface area contributed by atoms with Crippen LogP contribution in [0.15, 0.2) is 0 Å². The molecule has 0 spiro atoms. The molecular weight excluding hydrogens is 338 g/mol. The van der Waals surface area contributed by atoms with Crippen molar-refractivity contribution in [2.75, 3.05) is 31.2 Å². The first-order valence-corrected chi connectivity index (χ1v) is 9.68. The maximum atomic E-state index is 12.3. The Kier molecular flexibility index (Phi) is 5.54. The van der Waals surface area contributed by atoms with Gasteiger partial charge in [-0.25, -0.2) is 14.8 Å². The minimum atomic E-state index is -0.284. The molecule has 0 radical (unpaired) electrons. The number of carbonyl (C=O) groups excluding carboxylic acids is 1. The molecule has 1 aliphatic rings. The summed E-state index contributed by atoms with van der Waals surface area (Å²) in [6.07, 6.45) is 2.44. The predicted octanol–water partition coefficient (Wildman–Crippen LogP) is 3.49. The van der Waals surface area contributed by atoms with Crippen molar-refractivity contribution in [2.24, 2.45) is 0 Å². The van der Waals surface area contributed by atoms with Crippen molar-refractivity contribution in [3.63, 3.8) is 0 Å². The number of hydrogen-bond acceptors (Lipinski definition) is 7. The molecule has 25 heavy (non-hydrogen) atoms. The standard InChI is InChI=1S/C18H25N3O3S/c1-5-21(10-13-8-7-9-24-13)16-14-11(3)15(18(22)23-6-2)25-17(14)20-12(4)19-16/h13H,5-10H2,1-4H3. The zero-order chi connectivity index (χ0) is 18.0. The molecule has 0 bridgehead atoms. The van der Waals surface area contributed by atoms with Crippen LogP contribution in [0.2, 0.25) is 0 Å². The van der Waals surface area contributed by atoms with Crippen LogP contribution in [0.3, 0.4) is 0 Å². The lowest BCUT2D eigenvalue weighted by Crippen LogP contribution is -2.33. The van der Waals surface area contributed by atoms with Crippen LogP contribution >= 0.6 is 11.3 Å². The number of esters is 1. The van der Waals surface area contributed by atoms with Gasteiger partial charge in [-0.2, -0.15) is 0 Å². The summed E-state index contributed by atoms with van der Waals surface area (Å²) in [5.74, 6) is 1.32. The molecular formula is C18H25N3O3S. The second-order valence-corrected chi connectivity index (χ2v) is 7.22. The molecule has 0 saturated carbocycles. The van der Waals surface area contributed by atoms with E-state index in [9.17, 15) is 4.79 Å². The Hall–Kier alpha value is -1.73. The van der Waals surface area contributed by atoms with Gasteiger partial charge < -0.3 is 14.4 Å². The summed E-state index contributed by atoms with van der Waals surface area (Å²) in [6, 6.07) is 0. The number of thiophene rings is 1. The quantitative estimate of drug-likeness (QED) is 0.732. The fourth-order valence-corrected chi connectivity index (χ4v) is 4.36. The third-order valence-electron chi connectivity index (χ3n) is 4.47. The summed E-state index contributed by atoms with van der Waals surface area (Å²) in [5, 5.41) is 0.957. The third-order valence-corrected chi connectivity index (χ3v) is 5.64. The topological polar surface area (TPSA) is 64.5 Å². The summed E-state index contributed by atoms with van der Waals surface area (Å²) >= 11 is 1.39. The van der Waals surface area contributed by atoms with Gasteiger partial charge in [0, 0.05) is 19.7 Å². The van der Waals surface area contributed by atoms with Crippen LogP contribution in [0, 0.1) is 13.8 Å². The molecule has 3 heterocycles. The summed E-state index contributed by atoms with van der Waals surface area (Å²) in [5.41, 5.74) is 0.902. The number of nitrogens with zero attached hydrogens (tertiary/aromatic N) is 3. The number of aryl methyl sites for hydroxylation is 2. The van der Waals surface area contributed by atoms with Crippen molar-refractivity contribution < 1.29 is 14.3 Å². The number of likely N-dealkylation sites (N-methyl/N-ethyl adjacent to an activating group) is 1. The fourth-order valence-electron chi connectivity index (χ4n) is 3.24. The van der Waals surface area contributed by atoms with Gasteiger partial charge in [-0.3, -0.25) is 0 Å². The highest BCUT2D eigenvalue weighted by atomic mass is 32.1. The Balaban J connectivity index is 2.04. The molecule has 1 fully saturated rings. The van der Waals surface area contributed by atoms with E-state index in [1.807, 2.05) is 20.8 Å². The van der Waals surface area contributed by atoms with Gasteiger partial charge in [0.15, 0.2) is 0 Å². The van der Waals surface area contributed by atoms with Crippen molar-refractivity contribution in [3.05, 3.63) is 16.3 Å². The largest absolute Gasteiger partial charge is 0.462 e. The third kappa shape index (κ3) is 3.62. The van der Waals surface area contributed by atoms with E-state index in [1.54, 1.807) is 0 Å². The zero-order valence-corrected chi connectivity index (χ0v) is 16.1. The van der Waals surface area contributed by atoms with Crippen LogP contribution in [0.4, 0.5) is 5.82 Å². The van der Waals surface area contributed by atoms with Gasteiger partial charge in [0.1, 0.15) is 21.3 Å². The Morgan fingerprint density at radius 1 is 1.36 bits per heavy atom. The average molecular weight is 363 g/mol. The van der Waals surface area contributed by atoms with Crippen LogP contribution in [0.5, 0.6) is 0 Å². The van der Waals surface area contributed by atoms with Crippen LogP contribution in [0.25, 0.3) is 10.2 Å². The minimum absolute atomic E-state index is 0.244. The summed E-state index contributed by atoms with van der Waals surface area (Å²) < 4.78 is 11.0. The van der Waals surface area contributed by atoms with E-state index >= 15 is 0 Å². The predicted molar refractivity (Wildman–Crippen MR) is 99.7 cm³/mol. The highest BCUT2D eigenvalue weighted by molar-refractivity contribution is 7.20. The van der Waals surface area contributed by atoms with Gasteiger partial charge in [0.25, 0.3) is 0 Å². The van der Waals surface area contributed by atoms with Crippen LogP contribution in [0.1, 0.15) is 47.7 Å². The van der Waals surface area contributed by atoms with Crippen LogP contribution in [-0.2, 0) is 9.47 Å². The van der Waals surface area contributed by atoms with Crippen LogP contribution in [-0.4, -0.2) is 48.3 Å². The maximum absolute atomic E-state index is 12.3. The average Bonchev–Trinajstić information content (AvgIpc) is 3.20. The fraction of sp³-hybridized carbons (Fsp3) is 0.611. The maximum Gasteiger partial charge on any atom is 0.348 e. The molecule has 1 aliphatic heterocycles. The lowest BCUT2D eigenvalue weighted by atomic mass is 10.1. The highest BCUT2D eigenvalue weighted by Gasteiger charge is 2.25. The van der Waals surface area contributed by atoms with E-state index in [2.05, 4.69) is 16.8 Å². The van der Waals surface area contributed by atoms with Crippen molar-refractivity contribution >= 4 is 33.3 Å². The molecule has 7 heteroatoms. The molecule has 1 saturated heterocycles. The second kappa shape index (κ2) is 7.66. The number of fused-ring (bicyclic) bond motifs is 1. The molecule has 136 valence electrons. The van der Waals surface area contributed by atoms with Crippen molar-refractivity contribution in [3.8, 4) is 0 Å². The summed E-state index contributed by atoms with van der Waals surface area (Å²) in [4.78, 5) is 25.2. The molecule has 1 unspecified atom stereocenters. The first-order chi connectivity index (χ1) is 12.0. The molecule has 6 nitrogen and oxygen atoms in total. The van der Waals surface area contributed by atoms with E-state index in [-0.39, 0.29) is 12.1 Å². The molecule has 2 aromatic rings. The number of anilines is 1. The molecule has 0 N–H and O–H groups in total. The van der Waals surface area contributed by atoms with Crippen molar-refractivity contribution in [1.82, 2.24) is 9.97 Å². The van der Waals surface area contributed by atoms with Gasteiger partial charge >= 0.3 is 5.97 Å². The molecule has 0 amide bonds. The van der Waals surface area contributed by atoms with E-state index in [1.165, 1.54) is 11.3 Å². The normalized spacial score (nSPS) is 17.2. The van der Waals surface area contributed by atoms with Crippen molar-refractivity contribution in [1.29, 1.82) is 0 Å².